The van der Waals surface area contributed by atoms with Gasteiger partial charge in [-0.3, -0.25) is 4.98 Å². The van der Waals surface area contributed by atoms with Gasteiger partial charge in [0, 0.05) is 25.5 Å². The molecular formula is C19H18N2. The lowest BCUT2D eigenvalue weighted by molar-refractivity contribution is 0.691. The van der Waals surface area contributed by atoms with Gasteiger partial charge in [0.1, 0.15) is 0 Å². The fraction of sp³-hybridized carbons (Fsp3) is 0.105. The fourth-order valence-electron chi connectivity index (χ4n) is 2.30. The third-order valence-corrected chi connectivity index (χ3v) is 3.44. The monoisotopic (exact) mass is 274 g/mol. The third-order valence-electron chi connectivity index (χ3n) is 3.44. The minimum Gasteiger partial charge on any atom is -0.309 e. The van der Waals surface area contributed by atoms with Gasteiger partial charge in [-0.15, -0.1) is 0 Å². The first-order valence-electron chi connectivity index (χ1n) is 7.16. The number of nitrogens with one attached hydrogen (secondary N) is 1. The number of hydrogen-bond acceptors (Lipinski definition) is 2. The van der Waals surface area contributed by atoms with Crippen molar-refractivity contribution in [2.24, 2.45) is 0 Å². The Labute approximate surface area is 125 Å². The Morgan fingerprint density at radius 2 is 1.38 bits per heavy atom. The summed E-state index contributed by atoms with van der Waals surface area (Å²) in [5.74, 6) is 0. The topological polar surface area (TPSA) is 24.9 Å². The molecule has 3 rings (SSSR count). The van der Waals surface area contributed by atoms with Crippen LogP contribution in [0.15, 0.2) is 79.1 Å². The molecule has 0 radical (unpaired) electrons. The SMILES string of the molecule is c1ccc(-c2ccc(CNCc3cccnc3)cc2)cc1. The van der Waals surface area contributed by atoms with Crippen molar-refractivity contribution < 1.29 is 0 Å². The average Bonchev–Trinajstić information content (AvgIpc) is 2.57. The Morgan fingerprint density at radius 1 is 0.667 bits per heavy atom. The van der Waals surface area contributed by atoms with Crippen LogP contribution in [-0.2, 0) is 13.1 Å². The summed E-state index contributed by atoms with van der Waals surface area (Å²) in [6, 6.07) is 23.2. The summed E-state index contributed by atoms with van der Waals surface area (Å²) in [6.45, 7) is 1.71. The Balaban J connectivity index is 1.58. The highest BCUT2D eigenvalue weighted by Crippen LogP contribution is 2.19. The van der Waals surface area contributed by atoms with E-state index in [0.29, 0.717) is 0 Å². The smallest absolute Gasteiger partial charge is 0.0312 e. The van der Waals surface area contributed by atoms with Gasteiger partial charge >= 0.3 is 0 Å². The maximum absolute atomic E-state index is 4.12. The first-order valence-corrected chi connectivity index (χ1v) is 7.16. The Hall–Kier alpha value is -2.45. The molecule has 1 aromatic heterocycles. The summed E-state index contributed by atoms with van der Waals surface area (Å²) in [5, 5.41) is 3.44. The van der Waals surface area contributed by atoms with Crippen molar-refractivity contribution in [2.45, 2.75) is 13.1 Å². The van der Waals surface area contributed by atoms with Gasteiger partial charge in [0.05, 0.1) is 0 Å². The van der Waals surface area contributed by atoms with Crippen LogP contribution in [0.2, 0.25) is 0 Å². The van der Waals surface area contributed by atoms with E-state index in [9.17, 15) is 0 Å². The molecule has 0 aliphatic heterocycles. The van der Waals surface area contributed by atoms with Crippen LogP contribution in [0.3, 0.4) is 0 Å². The van der Waals surface area contributed by atoms with Crippen LogP contribution in [-0.4, -0.2) is 4.98 Å². The van der Waals surface area contributed by atoms with Crippen LogP contribution in [0.4, 0.5) is 0 Å². The summed E-state index contributed by atoms with van der Waals surface area (Å²) in [6.07, 6.45) is 3.69. The highest BCUT2D eigenvalue weighted by molar-refractivity contribution is 5.63. The number of rotatable bonds is 5. The van der Waals surface area contributed by atoms with E-state index in [4.69, 9.17) is 0 Å². The first kappa shape index (κ1) is 13.5. The Kier molecular flexibility index (Phi) is 4.39. The second-order valence-corrected chi connectivity index (χ2v) is 5.03. The zero-order chi connectivity index (χ0) is 14.3. The highest BCUT2D eigenvalue weighted by Gasteiger charge is 1.98. The number of benzene rings is 2. The predicted molar refractivity (Wildman–Crippen MR) is 86.7 cm³/mol. The predicted octanol–water partition coefficient (Wildman–Crippen LogP) is 4.04. The summed E-state index contributed by atoms with van der Waals surface area (Å²) in [4.78, 5) is 4.12. The summed E-state index contributed by atoms with van der Waals surface area (Å²) < 4.78 is 0. The molecular weight excluding hydrogens is 256 g/mol. The van der Waals surface area contributed by atoms with Crippen molar-refractivity contribution in [2.75, 3.05) is 0 Å². The summed E-state index contributed by atoms with van der Waals surface area (Å²) >= 11 is 0. The first-order chi connectivity index (χ1) is 10.4. The lowest BCUT2D eigenvalue weighted by Gasteiger charge is -2.06. The molecule has 3 aromatic rings. The molecule has 0 amide bonds. The van der Waals surface area contributed by atoms with Crippen molar-refractivity contribution in [1.82, 2.24) is 10.3 Å². The van der Waals surface area contributed by atoms with Gasteiger partial charge in [-0.2, -0.15) is 0 Å². The molecule has 21 heavy (non-hydrogen) atoms. The molecule has 2 heteroatoms. The van der Waals surface area contributed by atoms with Crippen LogP contribution in [0, 0.1) is 0 Å². The van der Waals surface area contributed by atoms with Crippen molar-refractivity contribution >= 4 is 0 Å². The normalized spacial score (nSPS) is 10.5. The Bertz CT molecular complexity index is 661. The maximum atomic E-state index is 4.12. The van der Waals surface area contributed by atoms with Crippen LogP contribution >= 0.6 is 0 Å². The van der Waals surface area contributed by atoms with Crippen LogP contribution in [0.25, 0.3) is 11.1 Å². The van der Waals surface area contributed by atoms with E-state index in [-0.39, 0.29) is 0 Å². The second kappa shape index (κ2) is 6.82. The third kappa shape index (κ3) is 3.77. The molecule has 0 unspecified atom stereocenters. The van der Waals surface area contributed by atoms with E-state index in [1.54, 1.807) is 6.20 Å². The molecule has 1 N–H and O–H groups in total. The van der Waals surface area contributed by atoms with Crippen molar-refractivity contribution in [3.05, 3.63) is 90.3 Å². The van der Waals surface area contributed by atoms with Crippen LogP contribution in [0.1, 0.15) is 11.1 Å². The van der Waals surface area contributed by atoms with Gasteiger partial charge < -0.3 is 5.32 Å². The molecule has 1 heterocycles. The van der Waals surface area contributed by atoms with Crippen LogP contribution in [0.5, 0.6) is 0 Å². The van der Waals surface area contributed by atoms with E-state index >= 15 is 0 Å². The van der Waals surface area contributed by atoms with Gasteiger partial charge in [0.2, 0.25) is 0 Å². The van der Waals surface area contributed by atoms with Gasteiger partial charge in [-0.05, 0) is 28.3 Å². The standard InChI is InChI=1S/C19H18N2/c1-2-6-18(7-3-1)19-10-8-16(9-11-19)13-21-15-17-5-4-12-20-14-17/h1-12,14,21H,13,15H2. The number of pyridine rings is 1. The largest absolute Gasteiger partial charge is 0.309 e. The van der Waals surface area contributed by atoms with E-state index < -0.39 is 0 Å². The molecule has 0 bridgehead atoms. The van der Waals surface area contributed by atoms with Crippen molar-refractivity contribution in [1.29, 1.82) is 0 Å². The highest BCUT2D eigenvalue weighted by atomic mass is 14.8. The lowest BCUT2D eigenvalue weighted by atomic mass is 10.0. The summed E-state index contributed by atoms with van der Waals surface area (Å²) in [7, 11) is 0. The average molecular weight is 274 g/mol. The molecule has 2 aromatic carbocycles. The number of aromatic nitrogens is 1. The molecule has 104 valence electrons. The van der Waals surface area contributed by atoms with Gasteiger partial charge in [0.25, 0.3) is 0 Å². The molecule has 0 aliphatic rings. The molecule has 2 nitrogen and oxygen atoms in total. The van der Waals surface area contributed by atoms with Crippen LogP contribution < -0.4 is 5.32 Å². The maximum Gasteiger partial charge on any atom is 0.0312 e. The molecule has 0 atom stereocenters. The van der Waals surface area contributed by atoms with E-state index in [0.717, 1.165) is 13.1 Å². The zero-order valence-corrected chi connectivity index (χ0v) is 11.9. The molecule has 0 saturated carbocycles. The zero-order valence-electron chi connectivity index (χ0n) is 11.9. The fourth-order valence-corrected chi connectivity index (χ4v) is 2.30. The number of hydrogen-bond donors (Lipinski definition) is 1. The molecule has 0 fully saturated rings. The van der Waals surface area contributed by atoms with Gasteiger partial charge in [-0.1, -0.05) is 60.7 Å². The Morgan fingerprint density at radius 3 is 2.10 bits per heavy atom. The lowest BCUT2D eigenvalue weighted by Crippen LogP contribution is -2.12. The number of nitrogens with zero attached hydrogens (tertiary/aromatic N) is 1. The van der Waals surface area contributed by atoms with Crippen molar-refractivity contribution in [3.63, 3.8) is 0 Å². The minimum atomic E-state index is 0.842. The quantitative estimate of drug-likeness (QED) is 0.759. The van der Waals surface area contributed by atoms with Gasteiger partial charge in [0.15, 0.2) is 0 Å². The minimum absolute atomic E-state index is 0.842. The molecule has 0 aliphatic carbocycles. The molecule has 0 saturated heterocycles. The van der Waals surface area contributed by atoms with E-state index in [1.807, 2.05) is 18.3 Å². The second-order valence-electron chi connectivity index (χ2n) is 5.03. The summed E-state index contributed by atoms with van der Waals surface area (Å²) in [5.41, 5.74) is 5.01. The van der Waals surface area contributed by atoms with E-state index in [1.165, 1.54) is 22.3 Å². The molecule has 0 spiro atoms. The van der Waals surface area contributed by atoms with Gasteiger partial charge in [-0.25, -0.2) is 0 Å². The van der Waals surface area contributed by atoms with Crippen molar-refractivity contribution in [3.8, 4) is 11.1 Å². The van der Waals surface area contributed by atoms with E-state index in [2.05, 4.69) is 64.9 Å².